The molecule has 7 heteroatoms. The number of aryl methyl sites for hydroxylation is 2. The highest BCUT2D eigenvalue weighted by Crippen LogP contribution is 2.24. The molecular formula is C10H13N5OS. The van der Waals surface area contributed by atoms with Gasteiger partial charge in [-0.1, -0.05) is 0 Å². The van der Waals surface area contributed by atoms with Crippen LogP contribution in [0.1, 0.15) is 39.0 Å². The number of rotatable bonds is 3. The number of nitrogens with zero attached hydrogens (tertiary/aromatic N) is 3. The third kappa shape index (κ3) is 2.50. The van der Waals surface area contributed by atoms with Crippen molar-refractivity contribution >= 4 is 17.2 Å². The van der Waals surface area contributed by atoms with Crippen molar-refractivity contribution in [2.45, 2.75) is 26.8 Å². The molecule has 0 aliphatic rings. The molecule has 1 amide bonds. The van der Waals surface area contributed by atoms with Gasteiger partial charge in [-0.2, -0.15) is 15.4 Å². The van der Waals surface area contributed by atoms with Crippen molar-refractivity contribution in [1.82, 2.24) is 25.7 Å². The predicted octanol–water partition coefficient (Wildman–Crippen LogP) is 1.37. The zero-order chi connectivity index (χ0) is 12.4. The summed E-state index contributed by atoms with van der Waals surface area (Å²) in [6.07, 6.45) is 1.40. The summed E-state index contributed by atoms with van der Waals surface area (Å²) in [5.41, 5.74) is 1.25. The second-order valence-corrected chi connectivity index (χ2v) is 4.97. The molecule has 1 atom stereocenters. The van der Waals surface area contributed by atoms with Gasteiger partial charge >= 0.3 is 0 Å². The lowest BCUT2D eigenvalue weighted by Crippen LogP contribution is -2.26. The van der Waals surface area contributed by atoms with Gasteiger partial charge in [0.2, 0.25) is 0 Å². The molecule has 0 bridgehead atoms. The Morgan fingerprint density at radius 1 is 1.53 bits per heavy atom. The Labute approximate surface area is 102 Å². The van der Waals surface area contributed by atoms with Gasteiger partial charge in [0, 0.05) is 4.88 Å². The van der Waals surface area contributed by atoms with Crippen LogP contribution >= 0.6 is 11.3 Å². The summed E-state index contributed by atoms with van der Waals surface area (Å²) >= 11 is 1.59. The molecule has 0 fully saturated rings. The normalized spacial score (nSPS) is 12.4. The molecule has 2 aromatic rings. The largest absolute Gasteiger partial charge is 0.343 e. The van der Waals surface area contributed by atoms with E-state index in [2.05, 4.69) is 25.7 Å². The zero-order valence-corrected chi connectivity index (χ0v) is 10.6. The molecule has 2 aromatic heterocycles. The molecule has 0 aliphatic carbocycles. The number of H-pyrrole nitrogens is 1. The molecule has 2 rings (SSSR count). The average Bonchev–Trinajstić information content (AvgIpc) is 2.87. The van der Waals surface area contributed by atoms with Crippen molar-refractivity contribution in [3.8, 4) is 0 Å². The summed E-state index contributed by atoms with van der Waals surface area (Å²) in [7, 11) is 0. The van der Waals surface area contributed by atoms with E-state index in [0.717, 1.165) is 15.6 Å². The molecule has 0 aromatic carbocycles. The maximum absolute atomic E-state index is 11.8. The van der Waals surface area contributed by atoms with Crippen molar-refractivity contribution in [3.05, 3.63) is 27.5 Å². The van der Waals surface area contributed by atoms with E-state index in [4.69, 9.17) is 0 Å². The molecule has 0 saturated carbocycles. The highest BCUT2D eigenvalue weighted by molar-refractivity contribution is 7.11. The highest BCUT2D eigenvalue weighted by atomic mass is 32.1. The van der Waals surface area contributed by atoms with Gasteiger partial charge in [0.15, 0.2) is 5.69 Å². The molecule has 1 unspecified atom stereocenters. The molecule has 2 heterocycles. The lowest BCUT2D eigenvalue weighted by Gasteiger charge is -2.11. The van der Waals surface area contributed by atoms with Crippen LogP contribution in [0, 0.1) is 13.8 Å². The number of hydrogen-bond acceptors (Lipinski definition) is 5. The van der Waals surface area contributed by atoms with Gasteiger partial charge < -0.3 is 5.32 Å². The molecule has 0 spiro atoms. The lowest BCUT2D eigenvalue weighted by molar-refractivity contribution is 0.0935. The zero-order valence-electron chi connectivity index (χ0n) is 9.81. The van der Waals surface area contributed by atoms with Crippen LogP contribution in [-0.4, -0.2) is 26.3 Å². The van der Waals surface area contributed by atoms with Gasteiger partial charge in [0.1, 0.15) is 0 Å². The Bertz CT molecular complexity index is 519. The summed E-state index contributed by atoms with van der Waals surface area (Å²) < 4.78 is 0. The molecule has 17 heavy (non-hydrogen) atoms. The van der Waals surface area contributed by atoms with Gasteiger partial charge in [-0.3, -0.25) is 4.79 Å². The van der Waals surface area contributed by atoms with Crippen molar-refractivity contribution in [2.24, 2.45) is 0 Å². The smallest absolute Gasteiger partial charge is 0.273 e. The number of aromatic nitrogens is 4. The number of amides is 1. The van der Waals surface area contributed by atoms with Gasteiger partial charge in [-0.15, -0.1) is 11.3 Å². The first-order valence-electron chi connectivity index (χ1n) is 5.18. The maximum atomic E-state index is 11.8. The van der Waals surface area contributed by atoms with E-state index in [0.29, 0.717) is 0 Å². The molecule has 0 aliphatic heterocycles. The third-order valence-corrected chi connectivity index (χ3v) is 3.58. The van der Waals surface area contributed by atoms with Crippen molar-refractivity contribution in [1.29, 1.82) is 0 Å². The minimum absolute atomic E-state index is 0.0783. The van der Waals surface area contributed by atoms with E-state index in [9.17, 15) is 4.79 Å². The number of carbonyl (C=O) groups is 1. The van der Waals surface area contributed by atoms with Crippen molar-refractivity contribution < 1.29 is 4.79 Å². The average molecular weight is 251 g/mol. The van der Waals surface area contributed by atoms with Gasteiger partial charge in [-0.05, 0) is 20.8 Å². The van der Waals surface area contributed by atoms with Gasteiger partial charge in [-0.25, -0.2) is 4.98 Å². The first kappa shape index (κ1) is 11.7. The Kier molecular flexibility index (Phi) is 3.19. The van der Waals surface area contributed by atoms with Crippen LogP contribution in [0.15, 0.2) is 6.20 Å². The summed E-state index contributed by atoms with van der Waals surface area (Å²) in [6, 6.07) is -0.0783. The fraction of sp³-hybridized carbons (Fsp3) is 0.400. The summed E-state index contributed by atoms with van der Waals surface area (Å²) in [6.45, 7) is 5.82. The SMILES string of the molecule is Cc1nc(C)c(C(C)NC(=O)c2cn[nH]n2)s1. The minimum atomic E-state index is -0.239. The second kappa shape index (κ2) is 4.62. The highest BCUT2D eigenvalue weighted by Gasteiger charge is 2.17. The lowest BCUT2D eigenvalue weighted by atomic mass is 10.2. The first-order valence-corrected chi connectivity index (χ1v) is 6.00. The number of nitrogens with one attached hydrogen (secondary N) is 2. The van der Waals surface area contributed by atoms with E-state index >= 15 is 0 Å². The van der Waals surface area contributed by atoms with Gasteiger partial charge in [0.05, 0.1) is 22.9 Å². The Morgan fingerprint density at radius 2 is 2.29 bits per heavy atom. The first-order chi connectivity index (χ1) is 8.08. The van der Waals surface area contributed by atoms with Crippen LogP contribution in [0.2, 0.25) is 0 Å². The van der Waals surface area contributed by atoms with Gasteiger partial charge in [0.25, 0.3) is 5.91 Å². The second-order valence-electron chi connectivity index (χ2n) is 3.73. The van der Waals surface area contributed by atoms with E-state index in [-0.39, 0.29) is 17.6 Å². The molecule has 6 nitrogen and oxygen atoms in total. The number of hydrogen-bond donors (Lipinski definition) is 2. The Morgan fingerprint density at radius 3 is 2.82 bits per heavy atom. The quantitative estimate of drug-likeness (QED) is 0.863. The number of thiazole rings is 1. The van der Waals surface area contributed by atoms with Crippen LogP contribution in [0.25, 0.3) is 0 Å². The van der Waals surface area contributed by atoms with Crippen LogP contribution in [-0.2, 0) is 0 Å². The number of aromatic amines is 1. The third-order valence-electron chi connectivity index (χ3n) is 2.33. The van der Waals surface area contributed by atoms with E-state index in [1.165, 1.54) is 6.20 Å². The minimum Gasteiger partial charge on any atom is -0.343 e. The topological polar surface area (TPSA) is 83.6 Å². The standard InChI is InChI=1S/C10H13N5OS/c1-5-9(17-7(3)12-5)6(2)13-10(16)8-4-11-15-14-8/h4,6H,1-3H3,(H,13,16)(H,11,14,15). The number of carbonyl (C=O) groups excluding carboxylic acids is 1. The fourth-order valence-electron chi connectivity index (χ4n) is 1.60. The Hall–Kier alpha value is -1.76. The van der Waals surface area contributed by atoms with Crippen molar-refractivity contribution in [2.75, 3.05) is 0 Å². The van der Waals surface area contributed by atoms with Crippen LogP contribution in [0.3, 0.4) is 0 Å². The van der Waals surface area contributed by atoms with E-state index in [1.54, 1.807) is 11.3 Å². The summed E-state index contributed by atoms with van der Waals surface area (Å²) in [4.78, 5) is 17.2. The molecule has 90 valence electrons. The Balaban J connectivity index is 2.09. The fourth-order valence-corrected chi connectivity index (χ4v) is 2.53. The predicted molar refractivity (Wildman–Crippen MR) is 63.9 cm³/mol. The van der Waals surface area contributed by atoms with E-state index < -0.39 is 0 Å². The monoisotopic (exact) mass is 251 g/mol. The summed E-state index contributed by atoms with van der Waals surface area (Å²) in [5.74, 6) is -0.239. The molecule has 2 N–H and O–H groups in total. The molecule has 0 radical (unpaired) electrons. The van der Waals surface area contributed by atoms with Crippen molar-refractivity contribution in [3.63, 3.8) is 0 Å². The summed E-state index contributed by atoms with van der Waals surface area (Å²) in [5, 5.41) is 13.6. The van der Waals surface area contributed by atoms with E-state index in [1.807, 2.05) is 20.8 Å². The molecular weight excluding hydrogens is 238 g/mol. The van der Waals surface area contributed by atoms with Crippen LogP contribution in [0.4, 0.5) is 0 Å². The molecule has 0 saturated heterocycles. The van der Waals surface area contributed by atoms with Crippen LogP contribution < -0.4 is 5.32 Å². The van der Waals surface area contributed by atoms with Crippen LogP contribution in [0.5, 0.6) is 0 Å². The maximum Gasteiger partial charge on any atom is 0.273 e.